The Morgan fingerprint density at radius 3 is 2.89 bits per heavy atom. The number of amides is 1. The van der Waals surface area contributed by atoms with Gasteiger partial charge in [-0.25, -0.2) is 4.39 Å². The van der Waals surface area contributed by atoms with Crippen molar-refractivity contribution in [2.75, 3.05) is 0 Å². The summed E-state index contributed by atoms with van der Waals surface area (Å²) in [7, 11) is 0. The van der Waals surface area contributed by atoms with Gasteiger partial charge in [0, 0.05) is 16.9 Å². The van der Waals surface area contributed by atoms with Crippen LogP contribution in [0, 0.1) is 5.82 Å². The van der Waals surface area contributed by atoms with Crippen LogP contribution in [0.2, 0.25) is 0 Å². The van der Waals surface area contributed by atoms with Crippen molar-refractivity contribution >= 4 is 28.5 Å². The molecule has 0 bridgehead atoms. The molecule has 2 nitrogen and oxygen atoms in total. The van der Waals surface area contributed by atoms with Gasteiger partial charge in [0.05, 0.1) is 0 Å². The summed E-state index contributed by atoms with van der Waals surface area (Å²) < 4.78 is 13.6. The van der Waals surface area contributed by atoms with Crippen molar-refractivity contribution in [1.82, 2.24) is 5.32 Å². The number of alkyl halides is 1. The Hall–Kier alpha value is -0.650. The van der Waals surface area contributed by atoms with Gasteiger partial charge >= 0.3 is 0 Å². The van der Waals surface area contributed by atoms with Gasteiger partial charge in [-0.1, -0.05) is 48.1 Å². The van der Waals surface area contributed by atoms with Crippen molar-refractivity contribution in [2.24, 2.45) is 0 Å². The molecule has 0 spiro atoms. The zero-order chi connectivity index (χ0) is 13.4. The number of rotatable bonds is 7. The summed E-state index contributed by atoms with van der Waals surface area (Å²) in [5.41, 5.74) is 0.796. The summed E-state index contributed by atoms with van der Waals surface area (Å²) in [6, 6.07) is 6.30. The SMILES string of the molecule is CC(I)CCCCC(=O)NCc1cccc(F)c1. The van der Waals surface area contributed by atoms with Crippen LogP contribution in [0.3, 0.4) is 0 Å². The third-order valence-corrected chi connectivity index (χ3v) is 3.26. The maximum absolute atomic E-state index is 12.9. The molecule has 0 saturated carbocycles. The lowest BCUT2D eigenvalue weighted by Crippen LogP contribution is -2.22. The van der Waals surface area contributed by atoms with Crippen LogP contribution in [0.1, 0.15) is 38.2 Å². The van der Waals surface area contributed by atoms with Gasteiger partial charge in [-0.15, -0.1) is 0 Å². The van der Waals surface area contributed by atoms with Crippen LogP contribution >= 0.6 is 22.6 Å². The molecule has 0 heterocycles. The maximum atomic E-state index is 12.9. The summed E-state index contributed by atoms with van der Waals surface area (Å²) in [6.45, 7) is 2.57. The van der Waals surface area contributed by atoms with Crippen molar-refractivity contribution in [3.8, 4) is 0 Å². The van der Waals surface area contributed by atoms with E-state index in [-0.39, 0.29) is 11.7 Å². The first-order valence-corrected chi connectivity index (χ1v) is 7.47. The Morgan fingerprint density at radius 1 is 1.44 bits per heavy atom. The first kappa shape index (κ1) is 15.4. The molecule has 1 aromatic carbocycles. The lowest BCUT2D eigenvalue weighted by molar-refractivity contribution is -0.121. The van der Waals surface area contributed by atoms with Gasteiger partial charge in [0.2, 0.25) is 5.91 Å². The minimum Gasteiger partial charge on any atom is -0.352 e. The zero-order valence-corrected chi connectivity index (χ0v) is 12.7. The Bertz CT molecular complexity index is 382. The quantitative estimate of drug-likeness (QED) is 0.445. The van der Waals surface area contributed by atoms with Gasteiger partial charge < -0.3 is 5.32 Å². The molecule has 0 aliphatic heterocycles. The fourth-order valence-electron chi connectivity index (χ4n) is 1.65. The highest BCUT2D eigenvalue weighted by atomic mass is 127. The molecule has 0 aliphatic rings. The van der Waals surface area contributed by atoms with E-state index in [2.05, 4.69) is 34.8 Å². The molecule has 0 aromatic heterocycles. The van der Waals surface area contributed by atoms with E-state index in [4.69, 9.17) is 0 Å². The number of benzene rings is 1. The third-order valence-electron chi connectivity index (χ3n) is 2.63. The lowest BCUT2D eigenvalue weighted by Gasteiger charge is -2.06. The molecule has 1 unspecified atom stereocenters. The second kappa shape index (κ2) is 8.45. The van der Waals surface area contributed by atoms with E-state index in [0.29, 0.717) is 16.9 Å². The molecule has 4 heteroatoms. The first-order valence-electron chi connectivity index (χ1n) is 6.23. The first-order chi connectivity index (χ1) is 8.58. The molecule has 100 valence electrons. The zero-order valence-electron chi connectivity index (χ0n) is 10.6. The molecule has 1 amide bonds. The molecule has 0 saturated heterocycles. The van der Waals surface area contributed by atoms with Gasteiger partial charge in [-0.05, 0) is 30.5 Å². The van der Waals surface area contributed by atoms with Crippen molar-refractivity contribution in [2.45, 2.75) is 43.1 Å². The number of halogens is 2. The van der Waals surface area contributed by atoms with E-state index in [1.165, 1.54) is 12.1 Å². The van der Waals surface area contributed by atoms with E-state index < -0.39 is 0 Å². The number of carbonyl (C=O) groups is 1. The maximum Gasteiger partial charge on any atom is 0.220 e. The fourth-order valence-corrected chi connectivity index (χ4v) is 2.09. The van der Waals surface area contributed by atoms with Crippen molar-refractivity contribution in [1.29, 1.82) is 0 Å². The van der Waals surface area contributed by atoms with Crippen LogP contribution in [0.15, 0.2) is 24.3 Å². The Labute approximate surface area is 121 Å². The molecule has 1 atom stereocenters. The molecule has 0 radical (unpaired) electrons. The van der Waals surface area contributed by atoms with Crippen LogP contribution in [-0.2, 0) is 11.3 Å². The molecular formula is C14H19FINO. The molecule has 0 fully saturated rings. The monoisotopic (exact) mass is 363 g/mol. The molecule has 1 rings (SSSR count). The number of hydrogen-bond acceptors (Lipinski definition) is 1. The topological polar surface area (TPSA) is 29.1 Å². The fraction of sp³-hybridized carbons (Fsp3) is 0.500. The van der Waals surface area contributed by atoms with E-state index in [0.717, 1.165) is 24.8 Å². The van der Waals surface area contributed by atoms with Crippen molar-refractivity contribution < 1.29 is 9.18 Å². The van der Waals surface area contributed by atoms with Crippen LogP contribution < -0.4 is 5.32 Å². The van der Waals surface area contributed by atoms with Crippen molar-refractivity contribution in [3.63, 3.8) is 0 Å². The van der Waals surface area contributed by atoms with Crippen molar-refractivity contribution in [3.05, 3.63) is 35.6 Å². The largest absolute Gasteiger partial charge is 0.352 e. The van der Waals surface area contributed by atoms with Gasteiger partial charge in [0.15, 0.2) is 0 Å². The summed E-state index contributed by atoms with van der Waals surface area (Å²) >= 11 is 2.39. The highest BCUT2D eigenvalue weighted by Gasteiger charge is 2.03. The number of hydrogen-bond donors (Lipinski definition) is 1. The Kier molecular flexibility index (Phi) is 7.23. The molecule has 0 aliphatic carbocycles. The summed E-state index contributed by atoms with van der Waals surface area (Å²) in [5, 5.41) is 2.81. The standard InChI is InChI=1S/C14H19FINO/c1-11(16)5-2-3-8-14(18)17-10-12-6-4-7-13(15)9-12/h4,6-7,9,11H,2-3,5,8,10H2,1H3,(H,17,18). The number of unbranched alkanes of at least 4 members (excludes halogenated alkanes) is 1. The smallest absolute Gasteiger partial charge is 0.220 e. The molecule has 1 aromatic rings. The van der Waals surface area contributed by atoms with E-state index in [1.54, 1.807) is 12.1 Å². The molecular weight excluding hydrogens is 344 g/mol. The van der Waals surface area contributed by atoms with Crippen LogP contribution in [0.25, 0.3) is 0 Å². The van der Waals surface area contributed by atoms with Crippen LogP contribution in [0.5, 0.6) is 0 Å². The van der Waals surface area contributed by atoms with E-state index in [9.17, 15) is 9.18 Å². The van der Waals surface area contributed by atoms with Gasteiger partial charge in [0.25, 0.3) is 0 Å². The molecule has 1 N–H and O–H groups in total. The summed E-state index contributed by atoms with van der Waals surface area (Å²) in [4.78, 5) is 11.5. The second-order valence-electron chi connectivity index (χ2n) is 4.43. The number of carbonyl (C=O) groups excluding carboxylic acids is 1. The lowest BCUT2D eigenvalue weighted by atomic mass is 10.1. The minimum atomic E-state index is -0.266. The average molecular weight is 363 g/mol. The van der Waals surface area contributed by atoms with Gasteiger partial charge in [-0.2, -0.15) is 0 Å². The third kappa shape index (κ3) is 6.93. The van der Waals surface area contributed by atoms with Gasteiger partial charge in [0.1, 0.15) is 5.82 Å². The predicted molar refractivity (Wildman–Crippen MR) is 80.2 cm³/mol. The van der Waals surface area contributed by atoms with E-state index >= 15 is 0 Å². The summed E-state index contributed by atoms with van der Waals surface area (Å²) in [6.07, 6.45) is 3.70. The minimum absolute atomic E-state index is 0.0420. The number of nitrogens with one attached hydrogen (secondary N) is 1. The van der Waals surface area contributed by atoms with Crippen LogP contribution in [0.4, 0.5) is 4.39 Å². The molecule has 18 heavy (non-hydrogen) atoms. The Balaban J connectivity index is 2.17. The highest BCUT2D eigenvalue weighted by Crippen LogP contribution is 2.10. The van der Waals surface area contributed by atoms with Gasteiger partial charge in [-0.3, -0.25) is 4.79 Å². The predicted octanol–water partition coefficient (Wildman–Crippen LogP) is 3.83. The highest BCUT2D eigenvalue weighted by molar-refractivity contribution is 14.1. The van der Waals surface area contributed by atoms with E-state index in [1.807, 2.05) is 0 Å². The van der Waals surface area contributed by atoms with Crippen LogP contribution in [-0.4, -0.2) is 9.83 Å². The Morgan fingerprint density at radius 2 is 2.22 bits per heavy atom. The average Bonchev–Trinajstić information content (AvgIpc) is 2.32. The second-order valence-corrected chi connectivity index (χ2v) is 6.56. The summed E-state index contributed by atoms with van der Waals surface area (Å²) in [5.74, 6) is -0.224. The normalized spacial score (nSPS) is 12.2.